The van der Waals surface area contributed by atoms with Crippen molar-refractivity contribution in [2.24, 2.45) is 0 Å². The summed E-state index contributed by atoms with van der Waals surface area (Å²) in [6.07, 6.45) is 0. The van der Waals surface area contributed by atoms with Crippen molar-refractivity contribution in [1.29, 1.82) is 0 Å². The highest BCUT2D eigenvalue weighted by molar-refractivity contribution is 6.52. The molecule has 1 aromatic carbocycles. The molecule has 0 aromatic heterocycles. The lowest BCUT2D eigenvalue weighted by molar-refractivity contribution is -0.114. The molecule has 1 aromatic rings. The van der Waals surface area contributed by atoms with Crippen molar-refractivity contribution in [2.45, 2.75) is 0 Å². The summed E-state index contributed by atoms with van der Waals surface area (Å²) in [4.78, 5) is 25.0. The number of ether oxygens (including phenoxy) is 2. The van der Waals surface area contributed by atoms with Gasteiger partial charge in [0.15, 0.2) is 0 Å². The Labute approximate surface area is 116 Å². The van der Waals surface area contributed by atoms with Crippen molar-refractivity contribution in [2.75, 3.05) is 38.4 Å². The van der Waals surface area contributed by atoms with E-state index in [-0.39, 0.29) is 0 Å². The van der Waals surface area contributed by atoms with Gasteiger partial charge in [-0.3, -0.25) is 9.59 Å². The number of nitrogens with zero attached hydrogens (tertiary/aromatic N) is 1. The van der Waals surface area contributed by atoms with Gasteiger partial charge in [-0.15, -0.1) is 0 Å². The summed E-state index contributed by atoms with van der Waals surface area (Å²) < 4.78 is 10.1. The van der Waals surface area contributed by atoms with Gasteiger partial charge in [0.05, 0.1) is 31.1 Å². The molecule has 1 aliphatic heterocycles. The number of Topliss-reactive ketones (excluding diaryl/α,β-unsaturated/α-hetero) is 1. The SMILES string of the molecule is COCCOCCN1C(=O)C(=O)c2ccc(Cl)cc21. The number of carbonyl (C=O) groups excluding carboxylic acids is 2. The summed E-state index contributed by atoms with van der Waals surface area (Å²) in [5.41, 5.74) is 0.948. The minimum Gasteiger partial charge on any atom is -0.382 e. The second kappa shape index (κ2) is 6.14. The summed E-state index contributed by atoms with van der Waals surface area (Å²) >= 11 is 5.89. The monoisotopic (exact) mass is 283 g/mol. The summed E-state index contributed by atoms with van der Waals surface area (Å²) in [6.45, 7) is 1.61. The van der Waals surface area contributed by atoms with Gasteiger partial charge in [0, 0.05) is 18.7 Å². The largest absolute Gasteiger partial charge is 0.382 e. The molecule has 0 fully saturated rings. The van der Waals surface area contributed by atoms with Crippen LogP contribution in [0.5, 0.6) is 0 Å². The molecule has 0 aliphatic carbocycles. The Morgan fingerprint density at radius 3 is 2.74 bits per heavy atom. The molecule has 0 spiro atoms. The normalized spacial score (nSPS) is 14.1. The van der Waals surface area contributed by atoms with Crippen LogP contribution < -0.4 is 4.90 Å². The van der Waals surface area contributed by atoms with Crippen LogP contribution in [-0.4, -0.2) is 45.2 Å². The van der Waals surface area contributed by atoms with Crippen LogP contribution in [-0.2, 0) is 14.3 Å². The van der Waals surface area contributed by atoms with Gasteiger partial charge in [-0.1, -0.05) is 11.6 Å². The molecule has 0 saturated carbocycles. The van der Waals surface area contributed by atoms with Gasteiger partial charge in [-0.05, 0) is 18.2 Å². The second-order valence-corrected chi connectivity index (χ2v) is 4.49. The minimum absolute atomic E-state index is 0.321. The second-order valence-electron chi connectivity index (χ2n) is 4.05. The maximum atomic E-state index is 11.8. The Morgan fingerprint density at radius 1 is 1.21 bits per heavy atom. The number of hydrogen-bond acceptors (Lipinski definition) is 4. The van der Waals surface area contributed by atoms with Crippen molar-refractivity contribution < 1.29 is 19.1 Å². The van der Waals surface area contributed by atoms with Crippen molar-refractivity contribution >= 4 is 29.0 Å². The van der Waals surface area contributed by atoms with E-state index >= 15 is 0 Å². The fourth-order valence-corrected chi connectivity index (χ4v) is 2.06. The molecular formula is C13H14ClNO4. The van der Waals surface area contributed by atoms with Gasteiger partial charge < -0.3 is 14.4 Å². The summed E-state index contributed by atoms with van der Waals surface area (Å²) in [6, 6.07) is 4.79. The lowest BCUT2D eigenvalue weighted by Crippen LogP contribution is -2.33. The molecule has 5 nitrogen and oxygen atoms in total. The number of methoxy groups -OCH3 is 1. The molecule has 0 unspecified atom stereocenters. The van der Waals surface area contributed by atoms with Crippen molar-refractivity contribution in [3.05, 3.63) is 28.8 Å². The van der Waals surface area contributed by atoms with Crippen LogP contribution in [0.25, 0.3) is 0 Å². The maximum absolute atomic E-state index is 11.8. The van der Waals surface area contributed by atoms with Crippen molar-refractivity contribution in [3.63, 3.8) is 0 Å². The number of benzene rings is 1. The third-order valence-corrected chi connectivity index (χ3v) is 3.06. The molecule has 0 N–H and O–H groups in total. The number of rotatable bonds is 6. The Hall–Kier alpha value is -1.43. The number of fused-ring (bicyclic) bond motifs is 1. The Balaban J connectivity index is 2.04. The quantitative estimate of drug-likeness (QED) is 0.587. The van der Waals surface area contributed by atoms with Crippen molar-refractivity contribution in [1.82, 2.24) is 0 Å². The fourth-order valence-electron chi connectivity index (χ4n) is 1.89. The van der Waals surface area contributed by atoms with Crippen molar-refractivity contribution in [3.8, 4) is 0 Å². The molecular weight excluding hydrogens is 270 g/mol. The number of halogens is 1. The minimum atomic E-state index is -0.535. The highest BCUT2D eigenvalue weighted by atomic mass is 35.5. The highest BCUT2D eigenvalue weighted by Gasteiger charge is 2.35. The topological polar surface area (TPSA) is 55.8 Å². The molecule has 1 aliphatic rings. The van der Waals surface area contributed by atoms with E-state index in [4.69, 9.17) is 21.1 Å². The smallest absolute Gasteiger partial charge is 0.299 e. The Bertz CT molecular complexity index is 503. The van der Waals surface area contributed by atoms with Gasteiger partial charge in [0.25, 0.3) is 11.7 Å². The average molecular weight is 284 g/mol. The zero-order valence-corrected chi connectivity index (χ0v) is 11.3. The molecule has 0 bridgehead atoms. The van der Waals surface area contributed by atoms with E-state index in [1.165, 1.54) is 4.90 Å². The molecule has 1 amide bonds. The molecule has 102 valence electrons. The van der Waals surface area contributed by atoms with E-state index in [1.807, 2.05) is 0 Å². The van der Waals surface area contributed by atoms with Crippen LogP contribution in [0.2, 0.25) is 5.02 Å². The van der Waals surface area contributed by atoms with Gasteiger partial charge in [0.2, 0.25) is 0 Å². The van der Waals surface area contributed by atoms with Gasteiger partial charge in [-0.25, -0.2) is 0 Å². The summed E-state index contributed by atoms with van der Waals surface area (Å²) in [7, 11) is 1.59. The average Bonchev–Trinajstić information content (AvgIpc) is 2.63. The molecule has 0 saturated heterocycles. The van der Waals surface area contributed by atoms with E-state index in [0.29, 0.717) is 42.6 Å². The zero-order chi connectivity index (χ0) is 13.8. The van der Waals surface area contributed by atoms with Crippen LogP contribution in [0.4, 0.5) is 5.69 Å². The first kappa shape index (κ1) is 14.0. The maximum Gasteiger partial charge on any atom is 0.299 e. The molecule has 6 heteroatoms. The predicted molar refractivity (Wildman–Crippen MR) is 70.8 cm³/mol. The summed E-state index contributed by atoms with van der Waals surface area (Å²) in [5.74, 6) is -1.03. The van der Waals surface area contributed by atoms with E-state index in [9.17, 15) is 9.59 Å². The third-order valence-electron chi connectivity index (χ3n) is 2.83. The van der Waals surface area contributed by atoms with Crippen LogP contribution in [0.3, 0.4) is 0 Å². The van der Waals surface area contributed by atoms with Crippen LogP contribution in [0, 0.1) is 0 Å². The lowest BCUT2D eigenvalue weighted by Gasteiger charge is -2.16. The molecule has 1 heterocycles. The van der Waals surface area contributed by atoms with Crippen LogP contribution in [0.1, 0.15) is 10.4 Å². The van der Waals surface area contributed by atoms with Gasteiger partial charge >= 0.3 is 0 Å². The number of amides is 1. The van der Waals surface area contributed by atoms with E-state index in [2.05, 4.69) is 0 Å². The Kier molecular flexibility index (Phi) is 4.52. The van der Waals surface area contributed by atoms with E-state index in [1.54, 1.807) is 25.3 Å². The number of hydrogen-bond donors (Lipinski definition) is 0. The molecule has 2 rings (SSSR count). The van der Waals surface area contributed by atoms with Crippen LogP contribution in [0.15, 0.2) is 18.2 Å². The standard InChI is InChI=1S/C13H14ClNO4/c1-18-6-7-19-5-4-15-11-8-9(14)2-3-10(11)12(16)13(15)17/h2-3,8H,4-7H2,1H3. The predicted octanol–water partition coefficient (Wildman–Crippen LogP) is 1.53. The first-order valence-corrected chi connectivity index (χ1v) is 6.25. The lowest BCUT2D eigenvalue weighted by atomic mass is 10.1. The highest BCUT2D eigenvalue weighted by Crippen LogP contribution is 2.31. The molecule has 19 heavy (non-hydrogen) atoms. The van der Waals surface area contributed by atoms with E-state index in [0.717, 1.165) is 0 Å². The van der Waals surface area contributed by atoms with Crippen LogP contribution >= 0.6 is 11.6 Å². The zero-order valence-electron chi connectivity index (χ0n) is 10.5. The molecule has 0 radical (unpaired) electrons. The number of anilines is 1. The van der Waals surface area contributed by atoms with Gasteiger partial charge in [-0.2, -0.15) is 0 Å². The van der Waals surface area contributed by atoms with Gasteiger partial charge in [0.1, 0.15) is 0 Å². The fraction of sp³-hybridized carbons (Fsp3) is 0.385. The first-order chi connectivity index (χ1) is 9.15. The molecule has 0 atom stereocenters. The first-order valence-electron chi connectivity index (χ1n) is 5.87. The van der Waals surface area contributed by atoms with E-state index < -0.39 is 11.7 Å². The third kappa shape index (κ3) is 2.94. The summed E-state index contributed by atoms with van der Waals surface area (Å²) in [5, 5.41) is 0.492. The number of carbonyl (C=O) groups is 2. The number of ketones is 1. The Morgan fingerprint density at radius 2 is 2.00 bits per heavy atom.